The molecule has 0 atom stereocenters. The summed E-state index contributed by atoms with van der Waals surface area (Å²) in [5.74, 6) is 2.54. The van der Waals surface area contributed by atoms with Gasteiger partial charge in [0.05, 0.1) is 12.2 Å². The van der Waals surface area contributed by atoms with Gasteiger partial charge in [0.1, 0.15) is 12.1 Å². The molecule has 0 aliphatic carbocycles. The number of hydrogen-bond acceptors (Lipinski definition) is 7. The lowest BCUT2D eigenvalue weighted by Gasteiger charge is -2.36. The van der Waals surface area contributed by atoms with Crippen molar-refractivity contribution in [3.05, 3.63) is 41.3 Å². The van der Waals surface area contributed by atoms with Gasteiger partial charge in [0.15, 0.2) is 11.5 Å². The van der Waals surface area contributed by atoms with Gasteiger partial charge in [-0.1, -0.05) is 6.07 Å². The predicted molar refractivity (Wildman–Crippen MR) is 97.6 cm³/mol. The molecule has 3 aliphatic heterocycles. The number of nitrogens with one attached hydrogen (secondary N) is 1. The Morgan fingerprint density at radius 1 is 1.15 bits per heavy atom. The van der Waals surface area contributed by atoms with E-state index in [-0.39, 0.29) is 12.7 Å². The lowest BCUT2D eigenvalue weighted by Crippen LogP contribution is -2.50. The molecule has 27 heavy (non-hydrogen) atoms. The van der Waals surface area contributed by atoms with Gasteiger partial charge in [0, 0.05) is 31.7 Å². The first-order chi connectivity index (χ1) is 13.3. The van der Waals surface area contributed by atoms with Gasteiger partial charge >= 0.3 is 0 Å². The highest BCUT2D eigenvalue weighted by Crippen LogP contribution is 2.33. The van der Waals surface area contributed by atoms with Crippen LogP contribution in [0.15, 0.2) is 24.5 Å². The summed E-state index contributed by atoms with van der Waals surface area (Å²) < 4.78 is 10.8. The highest BCUT2D eigenvalue weighted by atomic mass is 16.7. The molecular weight excluding hydrogens is 346 g/mol. The minimum Gasteiger partial charge on any atom is -0.454 e. The van der Waals surface area contributed by atoms with Crippen LogP contribution < -0.4 is 19.7 Å². The quantitative estimate of drug-likeness (QED) is 0.855. The first-order valence-electron chi connectivity index (χ1n) is 9.22. The van der Waals surface area contributed by atoms with Crippen molar-refractivity contribution in [2.45, 2.75) is 19.5 Å². The number of fused-ring (bicyclic) bond motifs is 2. The normalized spacial score (nSPS) is 18.6. The summed E-state index contributed by atoms with van der Waals surface area (Å²) in [4.78, 5) is 25.6. The van der Waals surface area contributed by atoms with Gasteiger partial charge in [-0.05, 0) is 30.7 Å². The van der Waals surface area contributed by atoms with E-state index in [9.17, 15) is 4.79 Å². The minimum absolute atomic E-state index is 0.111. The highest BCUT2D eigenvalue weighted by Gasteiger charge is 2.28. The second kappa shape index (κ2) is 6.70. The molecule has 1 aromatic heterocycles. The lowest BCUT2D eigenvalue weighted by atomic mass is 10.1. The van der Waals surface area contributed by atoms with Gasteiger partial charge in [-0.3, -0.25) is 4.79 Å². The Labute approximate surface area is 157 Å². The Morgan fingerprint density at radius 2 is 2.07 bits per heavy atom. The third-order valence-electron chi connectivity index (χ3n) is 5.28. The maximum atomic E-state index is 12.8. The minimum atomic E-state index is 0.111. The van der Waals surface area contributed by atoms with E-state index in [1.165, 1.54) is 5.56 Å². The second-order valence-corrected chi connectivity index (χ2v) is 6.97. The highest BCUT2D eigenvalue weighted by molar-refractivity contribution is 5.82. The molecule has 1 fully saturated rings. The van der Waals surface area contributed by atoms with E-state index in [2.05, 4.69) is 20.2 Å². The van der Waals surface area contributed by atoms with E-state index >= 15 is 0 Å². The Kier molecular flexibility index (Phi) is 4.05. The number of carbonyl (C=O) groups excluding carboxylic acids is 1. The number of amides is 1. The van der Waals surface area contributed by atoms with Crippen LogP contribution in [0.25, 0.3) is 0 Å². The zero-order valence-electron chi connectivity index (χ0n) is 15.0. The van der Waals surface area contributed by atoms with Crippen molar-refractivity contribution in [3.63, 3.8) is 0 Å². The summed E-state index contributed by atoms with van der Waals surface area (Å²) in [7, 11) is 0. The topological polar surface area (TPSA) is 79.8 Å². The standard InChI is InChI=1S/C19H21N5O3/c25-18-10-24(19-14-3-4-20-8-15(14)21-11-22-19)6-5-23(18)9-13-1-2-16-17(7-13)27-12-26-16/h1-2,7,11,20H,3-6,8-10,12H2. The number of rotatable bonds is 3. The SMILES string of the molecule is O=C1CN(c2ncnc3c2CCNC3)CCN1Cc1ccc2c(c1)OCO2. The van der Waals surface area contributed by atoms with Crippen molar-refractivity contribution in [2.24, 2.45) is 0 Å². The predicted octanol–water partition coefficient (Wildman–Crippen LogP) is 0.700. The largest absolute Gasteiger partial charge is 0.454 e. The molecular formula is C19H21N5O3. The number of aromatic nitrogens is 2. The summed E-state index contributed by atoms with van der Waals surface area (Å²) in [5, 5.41) is 3.33. The van der Waals surface area contributed by atoms with Crippen molar-refractivity contribution in [2.75, 3.05) is 37.9 Å². The van der Waals surface area contributed by atoms with Crippen molar-refractivity contribution >= 4 is 11.7 Å². The van der Waals surface area contributed by atoms with E-state index in [1.807, 2.05) is 23.1 Å². The Hall–Kier alpha value is -2.87. The van der Waals surface area contributed by atoms with Crippen LogP contribution in [0, 0.1) is 0 Å². The average Bonchev–Trinajstić information content (AvgIpc) is 3.17. The maximum Gasteiger partial charge on any atom is 0.242 e. The van der Waals surface area contributed by atoms with Crippen LogP contribution >= 0.6 is 0 Å². The molecule has 3 aliphatic rings. The fraction of sp³-hybridized carbons (Fsp3) is 0.421. The van der Waals surface area contributed by atoms with Crippen LogP contribution in [-0.4, -0.2) is 53.7 Å². The van der Waals surface area contributed by atoms with Crippen LogP contribution in [0.2, 0.25) is 0 Å². The molecule has 4 heterocycles. The molecule has 0 unspecified atom stereocenters. The Balaban J connectivity index is 1.29. The number of nitrogens with zero attached hydrogens (tertiary/aromatic N) is 4. The number of ether oxygens (including phenoxy) is 2. The van der Waals surface area contributed by atoms with Gasteiger partial charge in [0.2, 0.25) is 12.7 Å². The molecule has 0 radical (unpaired) electrons. The fourth-order valence-corrected chi connectivity index (χ4v) is 3.86. The molecule has 1 saturated heterocycles. The molecule has 8 nitrogen and oxygen atoms in total. The summed E-state index contributed by atoms with van der Waals surface area (Å²) in [6, 6.07) is 5.84. The van der Waals surface area contributed by atoms with Gasteiger partial charge in [-0.25, -0.2) is 9.97 Å². The molecule has 140 valence electrons. The smallest absolute Gasteiger partial charge is 0.242 e. The molecule has 2 aromatic rings. The molecule has 0 saturated carbocycles. The summed E-state index contributed by atoms with van der Waals surface area (Å²) in [5.41, 5.74) is 3.27. The van der Waals surface area contributed by atoms with Crippen LogP contribution in [0.5, 0.6) is 11.5 Å². The molecule has 1 aromatic carbocycles. The Morgan fingerprint density at radius 3 is 3.00 bits per heavy atom. The van der Waals surface area contributed by atoms with Crippen molar-refractivity contribution in [3.8, 4) is 11.5 Å². The average molecular weight is 367 g/mol. The molecule has 1 N–H and O–H groups in total. The number of carbonyl (C=O) groups is 1. The molecule has 0 spiro atoms. The van der Waals surface area contributed by atoms with E-state index in [1.54, 1.807) is 6.33 Å². The number of benzene rings is 1. The monoisotopic (exact) mass is 367 g/mol. The Bertz CT molecular complexity index is 888. The van der Waals surface area contributed by atoms with E-state index in [4.69, 9.17) is 9.47 Å². The molecule has 0 bridgehead atoms. The fourth-order valence-electron chi connectivity index (χ4n) is 3.86. The number of piperazine rings is 1. The first-order valence-corrected chi connectivity index (χ1v) is 9.22. The summed E-state index contributed by atoms with van der Waals surface area (Å²) in [6.07, 6.45) is 2.50. The summed E-state index contributed by atoms with van der Waals surface area (Å²) in [6.45, 7) is 4.32. The first kappa shape index (κ1) is 16.3. The van der Waals surface area contributed by atoms with Gasteiger partial charge < -0.3 is 24.6 Å². The van der Waals surface area contributed by atoms with Crippen molar-refractivity contribution in [1.82, 2.24) is 20.2 Å². The van der Waals surface area contributed by atoms with E-state index in [0.717, 1.165) is 54.6 Å². The van der Waals surface area contributed by atoms with Gasteiger partial charge in [-0.15, -0.1) is 0 Å². The van der Waals surface area contributed by atoms with Crippen LogP contribution in [-0.2, 0) is 24.3 Å². The maximum absolute atomic E-state index is 12.8. The third kappa shape index (κ3) is 3.06. The van der Waals surface area contributed by atoms with E-state index in [0.29, 0.717) is 19.6 Å². The zero-order valence-corrected chi connectivity index (χ0v) is 15.0. The van der Waals surface area contributed by atoms with Crippen LogP contribution in [0.1, 0.15) is 16.8 Å². The lowest BCUT2D eigenvalue weighted by molar-refractivity contribution is -0.131. The second-order valence-electron chi connectivity index (χ2n) is 6.97. The number of anilines is 1. The number of hydrogen-bond donors (Lipinski definition) is 1. The molecule has 5 rings (SSSR count). The van der Waals surface area contributed by atoms with Crippen molar-refractivity contribution in [1.29, 1.82) is 0 Å². The van der Waals surface area contributed by atoms with Gasteiger partial charge in [-0.2, -0.15) is 0 Å². The zero-order chi connectivity index (χ0) is 18.2. The molecule has 1 amide bonds. The van der Waals surface area contributed by atoms with Crippen LogP contribution in [0.3, 0.4) is 0 Å². The van der Waals surface area contributed by atoms with E-state index < -0.39 is 0 Å². The summed E-state index contributed by atoms with van der Waals surface area (Å²) >= 11 is 0. The van der Waals surface area contributed by atoms with Gasteiger partial charge in [0.25, 0.3) is 0 Å². The molecule has 8 heteroatoms. The van der Waals surface area contributed by atoms with Crippen molar-refractivity contribution < 1.29 is 14.3 Å². The van der Waals surface area contributed by atoms with Crippen LogP contribution in [0.4, 0.5) is 5.82 Å². The third-order valence-corrected chi connectivity index (χ3v) is 5.28.